The highest BCUT2D eigenvalue weighted by Crippen LogP contribution is 2.21. The summed E-state index contributed by atoms with van der Waals surface area (Å²) in [5.41, 5.74) is 0.194. The molecule has 3 aromatic heterocycles. The van der Waals surface area contributed by atoms with Crippen LogP contribution in [0.5, 0.6) is 0 Å². The molecule has 0 bridgehead atoms. The number of nitrogens with zero attached hydrogens (tertiary/aromatic N) is 3. The van der Waals surface area contributed by atoms with Crippen molar-refractivity contribution in [1.29, 1.82) is 0 Å². The van der Waals surface area contributed by atoms with Crippen molar-refractivity contribution in [1.82, 2.24) is 25.3 Å². The molecule has 1 atom stereocenters. The lowest BCUT2D eigenvalue weighted by Gasteiger charge is -2.22. The van der Waals surface area contributed by atoms with Crippen molar-refractivity contribution >= 4 is 17.2 Å². The van der Waals surface area contributed by atoms with Crippen LogP contribution in [0.25, 0.3) is 10.6 Å². The molecule has 0 spiro atoms. The molecule has 3 rings (SSSR count). The van der Waals surface area contributed by atoms with Gasteiger partial charge in [-0.1, -0.05) is 19.9 Å². The minimum atomic E-state index is -0.424. The van der Waals surface area contributed by atoms with Gasteiger partial charge in [0.25, 0.3) is 17.0 Å². The number of carbonyl (C=O) groups is 1. The van der Waals surface area contributed by atoms with Crippen LogP contribution in [0.15, 0.2) is 51.4 Å². The van der Waals surface area contributed by atoms with Gasteiger partial charge in [0.1, 0.15) is 11.4 Å². The van der Waals surface area contributed by atoms with Gasteiger partial charge in [-0.05, 0) is 29.5 Å². The van der Waals surface area contributed by atoms with E-state index in [4.69, 9.17) is 0 Å². The molecule has 0 radical (unpaired) electrons. The third-order valence-corrected chi connectivity index (χ3v) is 4.94. The highest BCUT2D eigenvalue weighted by atomic mass is 32.1. The van der Waals surface area contributed by atoms with Gasteiger partial charge < -0.3 is 5.32 Å². The quantitative estimate of drug-likeness (QED) is 0.668. The Balaban J connectivity index is 1.81. The van der Waals surface area contributed by atoms with Crippen molar-refractivity contribution in [2.75, 3.05) is 0 Å². The van der Waals surface area contributed by atoms with E-state index in [9.17, 15) is 14.4 Å². The Morgan fingerprint density at radius 1 is 1.22 bits per heavy atom. The van der Waals surface area contributed by atoms with E-state index in [2.05, 4.69) is 20.6 Å². The third kappa shape index (κ3) is 4.56. The molecule has 9 heteroatoms. The Hall–Kier alpha value is -3.07. The summed E-state index contributed by atoms with van der Waals surface area (Å²) in [7, 11) is 0. The molecule has 0 aromatic carbocycles. The van der Waals surface area contributed by atoms with Gasteiger partial charge in [-0.25, -0.2) is 9.78 Å². The maximum Gasteiger partial charge on any atom is 0.272 e. The second kappa shape index (κ2) is 8.09. The van der Waals surface area contributed by atoms with Crippen LogP contribution in [0.3, 0.4) is 0 Å². The minimum Gasteiger partial charge on any atom is -0.346 e. The molecule has 140 valence electrons. The van der Waals surface area contributed by atoms with Gasteiger partial charge in [-0.2, -0.15) is 10.2 Å². The summed E-state index contributed by atoms with van der Waals surface area (Å²) in [5.74, 6) is -0.372. The number of hydrogen-bond donors (Lipinski definition) is 2. The summed E-state index contributed by atoms with van der Waals surface area (Å²) in [6, 6.07) is 9.28. The maximum atomic E-state index is 12.4. The minimum absolute atomic E-state index is 0.0517. The number of thiophene rings is 1. The lowest BCUT2D eigenvalue weighted by Crippen LogP contribution is -2.44. The molecule has 1 amide bonds. The average Bonchev–Trinajstić information content (AvgIpc) is 3.18. The van der Waals surface area contributed by atoms with Crippen LogP contribution in [-0.4, -0.2) is 31.9 Å². The van der Waals surface area contributed by atoms with Crippen molar-refractivity contribution < 1.29 is 4.79 Å². The molecule has 3 aromatic rings. The number of nitrogens with one attached hydrogen (secondary N) is 2. The van der Waals surface area contributed by atoms with Gasteiger partial charge in [0.05, 0.1) is 17.5 Å². The van der Waals surface area contributed by atoms with E-state index in [1.807, 2.05) is 31.4 Å². The lowest BCUT2D eigenvalue weighted by molar-refractivity contribution is 0.0912. The molecule has 0 saturated carbocycles. The first-order valence-electron chi connectivity index (χ1n) is 8.42. The number of aromatic nitrogens is 4. The van der Waals surface area contributed by atoms with E-state index in [1.54, 1.807) is 6.07 Å². The van der Waals surface area contributed by atoms with Crippen LogP contribution < -0.4 is 16.4 Å². The topological polar surface area (TPSA) is 110 Å². The summed E-state index contributed by atoms with van der Waals surface area (Å²) in [4.78, 5) is 36.7. The molecule has 2 N–H and O–H groups in total. The smallest absolute Gasteiger partial charge is 0.272 e. The monoisotopic (exact) mass is 385 g/mol. The third-order valence-electron chi connectivity index (χ3n) is 4.04. The van der Waals surface area contributed by atoms with Crippen LogP contribution in [0, 0.1) is 5.92 Å². The molecule has 3 heterocycles. The predicted molar refractivity (Wildman–Crippen MR) is 103 cm³/mol. The van der Waals surface area contributed by atoms with Crippen molar-refractivity contribution in [2.45, 2.75) is 26.4 Å². The van der Waals surface area contributed by atoms with Gasteiger partial charge in [0.2, 0.25) is 0 Å². The Morgan fingerprint density at radius 3 is 2.67 bits per heavy atom. The molecule has 0 saturated heterocycles. The van der Waals surface area contributed by atoms with Gasteiger partial charge >= 0.3 is 0 Å². The first-order chi connectivity index (χ1) is 12.9. The molecule has 8 nitrogen and oxygen atoms in total. The van der Waals surface area contributed by atoms with E-state index >= 15 is 0 Å². The van der Waals surface area contributed by atoms with Crippen molar-refractivity contribution in [3.05, 3.63) is 68.2 Å². The molecule has 0 aliphatic heterocycles. The van der Waals surface area contributed by atoms with Gasteiger partial charge in [-0.15, -0.1) is 11.3 Å². The Bertz CT molecular complexity index is 1020. The number of rotatable bonds is 6. The fourth-order valence-corrected chi connectivity index (χ4v) is 3.15. The van der Waals surface area contributed by atoms with Crippen LogP contribution >= 0.6 is 11.3 Å². The van der Waals surface area contributed by atoms with E-state index in [0.29, 0.717) is 5.69 Å². The fourth-order valence-electron chi connectivity index (χ4n) is 2.46. The number of H-pyrrole nitrogens is 1. The van der Waals surface area contributed by atoms with Gasteiger partial charge in [-0.3, -0.25) is 14.4 Å². The van der Waals surface area contributed by atoms with Gasteiger partial charge in [0, 0.05) is 12.1 Å². The number of amides is 1. The van der Waals surface area contributed by atoms with E-state index < -0.39 is 5.91 Å². The Labute approximate surface area is 158 Å². The van der Waals surface area contributed by atoms with E-state index in [-0.39, 0.29) is 35.3 Å². The van der Waals surface area contributed by atoms with E-state index in [0.717, 1.165) is 4.88 Å². The van der Waals surface area contributed by atoms with Crippen LogP contribution in [0.2, 0.25) is 0 Å². The fraction of sp³-hybridized carbons (Fsp3) is 0.278. The van der Waals surface area contributed by atoms with Crippen LogP contribution in [0.1, 0.15) is 24.3 Å². The summed E-state index contributed by atoms with van der Waals surface area (Å²) in [6.45, 7) is 4.11. The summed E-state index contributed by atoms with van der Waals surface area (Å²) in [5, 5.41) is 15.2. The number of carbonyl (C=O) groups excluding carboxylic acids is 1. The largest absolute Gasteiger partial charge is 0.346 e. The van der Waals surface area contributed by atoms with Crippen molar-refractivity contribution in [3.8, 4) is 10.6 Å². The predicted octanol–water partition coefficient (Wildman–Crippen LogP) is 1.51. The molecule has 0 fully saturated rings. The number of hydrogen-bond acceptors (Lipinski definition) is 6. The molecule has 0 aliphatic carbocycles. The highest BCUT2D eigenvalue weighted by Gasteiger charge is 2.20. The molecule has 27 heavy (non-hydrogen) atoms. The first-order valence-corrected chi connectivity index (χ1v) is 9.30. The number of aromatic amines is 1. The van der Waals surface area contributed by atoms with Crippen LogP contribution in [0.4, 0.5) is 0 Å². The molecular weight excluding hydrogens is 366 g/mol. The second-order valence-electron chi connectivity index (χ2n) is 6.35. The maximum absolute atomic E-state index is 12.4. The standard InChI is InChI=1S/C18H19N5O3S/c1-11(2)14(19-18(26)13-5-7-16(24)21-20-13)10-23-17(25)8-6-12(22-23)15-4-3-9-27-15/h3-9,11,14H,10H2,1-2H3,(H,19,26)(H,21,24)/t14-/m1/s1. The molecular formula is C18H19N5O3S. The summed E-state index contributed by atoms with van der Waals surface area (Å²) in [6.07, 6.45) is 0. The Kier molecular flexibility index (Phi) is 5.60. The highest BCUT2D eigenvalue weighted by molar-refractivity contribution is 7.13. The first kappa shape index (κ1) is 18.7. The lowest BCUT2D eigenvalue weighted by atomic mass is 10.0. The molecule has 0 unspecified atom stereocenters. The SMILES string of the molecule is CC(C)[C@@H](Cn1nc(-c2cccs2)ccc1=O)NC(=O)c1ccc(=O)[nH]n1. The zero-order valence-corrected chi connectivity index (χ0v) is 15.7. The average molecular weight is 385 g/mol. The normalized spacial score (nSPS) is 12.1. The second-order valence-corrected chi connectivity index (χ2v) is 7.29. The molecule has 0 aliphatic rings. The zero-order chi connectivity index (χ0) is 19.4. The van der Waals surface area contributed by atoms with Crippen molar-refractivity contribution in [3.63, 3.8) is 0 Å². The van der Waals surface area contributed by atoms with Crippen molar-refractivity contribution in [2.24, 2.45) is 5.92 Å². The summed E-state index contributed by atoms with van der Waals surface area (Å²) >= 11 is 1.54. The van der Waals surface area contributed by atoms with Gasteiger partial charge in [0.15, 0.2) is 0 Å². The van der Waals surface area contributed by atoms with Crippen LogP contribution in [-0.2, 0) is 6.54 Å². The Morgan fingerprint density at radius 2 is 2.04 bits per heavy atom. The zero-order valence-electron chi connectivity index (χ0n) is 14.9. The summed E-state index contributed by atoms with van der Waals surface area (Å²) < 4.78 is 1.36. The van der Waals surface area contributed by atoms with E-state index in [1.165, 1.54) is 34.2 Å².